The fourth-order valence-electron chi connectivity index (χ4n) is 1.56. The van der Waals surface area contributed by atoms with Crippen LogP contribution < -0.4 is 0 Å². The van der Waals surface area contributed by atoms with E-state index in [-0.39, 0.29) is 0 Å². The minimum absolute atomic E-state index is 0.963. The van der Waals surface area contributed by atoms with Gasteiger partial charge >= 0.3 is 74.7 Å². The van der Waals surface area contributed by atoms with Gasteiger partial charge in [0.2, 0.25) is 0 Å². The van der Waals surface area contributed by atoms with Gasteiger partial charge in [0.25, 0.3) is 0 Å². The first kappa shape index (κ1) is 6.71. The van der Waals surface area contributed by atoms with Crippen LogP contribution in [-0.2, 0) is 12.8 Å². The van der Waals surface area contributed by atoms with Gasteiger partial charge in [-0.2, -0.15) is 0 Å². The van der Waals surface area contributed by atoms with Crippen molar-refractivity contribution < 1.29 is 0 Å². The van der Waals surface area contributed by atoms with Crippen LogP contribution in [0.2, 0.25) is 3.93 Å². The summed E-state index contributed by atoms with van der Waals surface area (Å²) in [5.41, 5.74) is 3.17. The average molecular weight is 236 g/mol. The van der Waals surface area contributed by atoms with Crippen molar-refractivity contribution in [2.45, 2.75) is 16.8 Å². The van der Waals surface area contributed by atoms with E-state index in [2.05, 4.69) is 24.3 Å². The first-order valence-corrected chi connectivity index (χ1v) is 5.29. The Morgan fingerprint density at radius 3 is 2.10 bits per heavy atom. The molecule has 0 saturated heterocycles. The van der Waals surface area contributed by atoms with Crippen LogP contribution >= 0.6 is 0 Å². The normalized spacial score (nSPS) is 17.3. The third kappa shape index (κ3) is 1.09. The summed E-state index contributed by atoms with van der Waals surface area (Å²) < 4.78 is 0.963. The monoisotopic (exact) mass is 237 g/mol. The fourth-order valence-corrected chi connectivity index (χ4v) is 2.81. The molecule has 1 aromatic carbocycles. The van der Waals surface area contributed by atoms with Gasteiger partial charge in [-0.05, 0) is 0 Å². The minimum atomic E-state index is 0.963. The molecule has 0 bridgehead atoms. The van der Waals surface area contributed by atoms with Crippen LogP contribution in [0.4, 0.5) is 0 Å². The molecule has 1 aliphatic rings. The van der Waals surface area contributed by atoms with E-state index < -0.39 is 0 Å². The molecule has 0 atom stereocenters. The quantitative estimate of drug-likeness (QED) is 0.602. The zero-order valence-corrected chi connectivity index (χ0v) is 8.66. The summed E-state index contributed by atoms with van der Waals surface area (Å²) in [6.07, 6.45) is 2.66. The van der Waals surface area contributed by atoms with E-state index in [1.165, 1.54) is 12.8 Å². The van der Waals surface area contributed by atoms with Gasteiger partial charge in [-0.25, -0.2) is 0 Å². The van der Waals surface area contributed by atoms with Gasteiger partial charge in [-0.15, -0.1) is 0 Å². The van der Waals surface area contributed by atoms with Gasteiger partial charge in [0, 0.05) is 0 Å². The molecule has 0 nitrogen and oxygen atoms in total. The van der Waals surface area contributed by atoms with Crippen molar-refractivity contribution in [2.24, 2.45) is 0 Å². The summed E-state index contributed by atoms with van der Waals surface area (Å²) in [6.45, 7) is 0. The zero-order valence-electron chi connectivity index (χ0n) is 5.80. The van der Waals surface area contributed by atoms with Crippen LogP contribution in [0.25, 0.3) is 0 Å². The Hall–Kier alpha value is 0.0187. The van der Waals surface area contributed by atoms with Crippen molar-refractivity contribution in [2.75, 3.05) is 0 Å². The van der Waals surface area contributed by atoms with Gasteiger partial charge in [-0.3, -0.25) is 0 Å². The Morgan fingerprint density at radius 2 is 1.60 bits per heavy atom. The number of benzene rings is 1. The fraction of sp³-hybridized carbons (Fsp3) is 0.333. The topological polar surface area (TPSA) is 0 Å². The van der Waals surface area contributed by atoms with Crippen molar-refractivity contribution in [3.63, 3.8) is 0 Å². The van der Waals surface area contributed by atoms with Gasteiger partial charge in [0.15, 0.2) is 0 Å². The number of hydrogen-bond donors (Lipinski definition) is 0. The first-order valence-electron chi connectivity index (χ1n) is 3.64. The van der Waals surface area contributed by atoms with E-state index in [0.29, 0.717) is 0 Å². The predicted octanol–water partition coefficient (Wildman–Crippen LogP) is 1.74. The van der Waals surface area contributed by atoms with Gasteiger partial charge in [0.05, 0.1) is 0 Å². The molecule has 1 aliphatic carbocycles. The number of fused-ring (bicyclic) bond motifs is 1. The van der Waals surface area contributed by atoms with Crippen LogP contribution in [0.3, 0.4) is 0 Å². The van der Waals surface area contributed by atoms with E-state index in [1.807, 2.05) is 0 Å². The molecule has 1 heteroatoms. The molecule has 0 spiro atoms. The summed E-state index contributed by atoms with van der Waals surface area (Å²) in [7, 11) is 0. The van der Waals surface area contributed by atoms with E-state index in [9.17, 15) is 0 Å². The summed E-state index contributed by atoms with van der Waals surface area (Å²) >= 11 is 1.70. The third-order valence-electron chi connectivity index (χ3n) is 2.05. The molecule has 0 aromatic heterocycles. The molecule has 10 heavy (non-hydrogen) atoms. The summed E-state index contributed by atoms with van der Waals surface area (Å²) in [5, 5.41) is 0. The van der Waals surface area contributed by atoms with Crippen molar-refractivity contribution in [3.8, 4) is 0 Å². The van der Waals surface area contributed by atoms with Crippen molar-refractivity contribution in [1.29, 1.82) is 0 Å². The molecule has 0 saturated carbocycles. The standard InChI is InChI=1S/C9H9.Sn/c1-2-5-9-7-3-6-8(9)4-1;/h1-5H,6-7H2;. The zero-order chi connectivity index (χ0) is 6.97. The molecular weight excluding hydrogens is 227 g/mol. The maximum atomic E-state index is 2.26. The third-order valence-corrected chi connectivity index (χ3v) is 3.22. The van der Waals surface area contributed by atoms with Crippen molar-refractivity contribution in [3.05, 3.63) is 35.4 Å². The second kappa shape index (κ2) is 2.57. The van der Waals surface area contributed by atoms with E-state index in [4.69, 9.17) is 0 Å². The molecule has 0 aliphatic heterocycles. The molecule has 3 radical (unpaired) electrons. The summed E-state index contributed by atoms with van der Waals surface area (Å²) in [5.74, 6) is 0. The molecule has 1 aromatic rings. The van der Waals surface area contributed by atoms with Crippen LogP contribution in [-0.4, -0.2) is 22.5 Å². The predicted molar refractivity (Wildman–Crippen MR) is 43.4 cm³/mol. The first-order chi connectivity index (χ1) is 4.86. The molecular formula is C9H9Sn. The molecule has 0 unspecified atom stereocenters. The molecule has 49 valence electrons. The number of hydrogen-bond acceptors (Lipinski definition) is 0. The molecule has 0 amide bonds. The van der Waals surface area contributed by atoms with Crippen LogP contribution in [0.15, 0.2) is 24.3 Å². The van der Waals surface area contributed by atoms with E-state index >= 15 is 0 Å². The molecule has 0 fully saturated rings. The Bertz CT molecular complexity index is 217. The van der Waals surface area contributed by atoms with Crippen LogP contribution in [0.1, 0.15) is 11.1 Å². The Labute approximate surface area is 74.7 Å². The van der Waals surface area contributed by atoms with Gasteiger partial charge in [-0.1, -0.05) is 0 Å². The van der Waals surface area contributed by atoms with E-state index in [0.717, 1.165) is 3.93 Å². The molecule has 0 heterocycles. The Morgan fingerprint density at radius 1 is 1.10 bits per heavy atom. The average Bonchev–Trinajstić information content (AvgIpc) is 2.27. The van der Waals surface area contributed by atoms with Crippen molar-refractivity contribution >= 4 is 22.5 Å². The summed E-state index contributed by atoms with van der Waals surface area (Å²) in [4.78, 5) is 0. The molecule has 2 rings (SSSR count). The van der Waals surface area contributed by atoms with E-state index in [1.54, 1.807) is 33.7 Å². The maximum absolute atomic E-state index is 2.26. The number of rotatable bonds is 0. The van der Waals surface area contributed by atoms with Crippen LogP contribution in [0, 0.1) is 0 Å². The Kier molecular flexibility index (Phi) is 1.73. The van der Waals surface area contributed by atoms with Crippen LogP contribution in [0.5, 0.6) is 0 Å². The van der Waals surface area contributed by atoms with Gasteiger partial charge in [0.1, 0.15) is 0 Å². The van der Waals surface area contributed by atoms with Crippen molar-refractivity contribution in [1.82, 2.24) is 0 Å². The second-order valence-corrected chi connectivity index (χ2v) is 5.20. The SMILES string of the molecule is [Sn][CH]1Cc2ccccc2C1. The van der Waals surface area contributed by atoms with Gasteiger partial charge < -0.3 is 0 Å². The Balaban J connectivity index is 2.42. The second-order valence-electron chi connectivity index (χ2n) is 2.87. The molecule has 0 N–H and O–H groups in total. The summed E-state index contributed by atoms with van der Waals surface area (Å²) in [6, 6.07) is 8.82.